The normalized spacial score (nSPS) is 13.3. The molecule has 0 radical (unpaired) electrons. The summed E-state index contributed by atoms with van der Waals surface area (Å²) in [5.74, 6) is 1.79. The molecule has 0 aliphatic rings. The van der Waals surface area contributed by atoms with Gasteiger partial charge in [-0.1, -0.05) is 13.8 Å². The van der Waals surface area contributed by atoms with E-state index in [9.17, 15) is 4.79 Å². The molecule has 8 nitrogen and oxygen atoms in total. The number of fused-ring (bicyclic) bond motifs is 1. The number of hydrogen-bond donors (Lipinski definition) is 1. The van der Waals surface area contributed by atoms with Crippen LogP contribution in [0.25, 0.3) is 10.9 Å². The summed E-state index contributed by atoms with van der Waals surface area (Å²) in [6, 6.07) is 9.86. The van der Waals surface area contributed by atoms with Crippen LogP contribution < -0.4 is 5.56 Å². The van der Waals surface area contributed by atoms with Crippen molar-refractivity contribution in [2.24, 2.45) is 5.92 Å². The number of hydrogen-bond acceptors (Lipinski definition) is 6. The molecule has 1 aromatic carbocycles. The Bertz CT molecular complexity index is 1330. The first-order valence-electron chi connectivity index (χ1n) is 11.7. The zero-order valence-electron chi connectivity index (χ0n) is 21.1. The molecule has 8 heteroatoms. The van der Waals surface area contributed by atoms with Crippen LogP contribution in [0.2, 0.25) is 0 Å². The summed E-state index contributed by atoms with van der Waals surface area (Å²) >= 11 is 0. The van der Waals surface area contributed by atoms with Crippen molar-refractivity contribution in [1.29, 1.82) is 0 Å². The van der Waals surface area contributed by atoms with Crippen LogP contribution in [0.3, 0.4) is 0 Å². The fourth-order valence-corrected chi connectivity index (χ4v) is 4.45. The molecule has 0 fully saturated rings. The first kappa shape index (κ1) is 23.9. The van der Waals surface area contributed by atoms with E-state index in [4.69, 9.17) is 4.42 Å². The number of tetrazole rings is 1. The zero-order valence-corrected chi connectivity index (χ0v) is 21.1. The van der Waals surface area contributed by atoms with Crippen molar-refractivity contribution in [2.75, 3.05) is 0 Å². The number of nitrogens with one attached hydrogen (secondary N) is 1. The molecule has 4 aromatic rings. The maximum absolute atomic E-state index is 13.1. The Hall–Kier alpha value is -3.26. The average molecular weight is 463 g/mol. The summed E-state index contributed by atoms with van der Waals surface area (Å²) in [5, 5.41) is 13.7. The molecular weight excluding hydrogens is 428 g/mol. The molecule has 180 valence electrons. The molecule has 0 amide bonds. The van der Waals surface area contributed by atoms with Gasteiger partial charge in [-0.15, -0.1) is 5.10 Å². The number of nitrogens with zero attached hydrogens (tertiary/aromatic N) is 5. The van der Waals surface area contributed by atoms with Gasteiger partial charge in [-0.25, -0.2) is 4.68 Å². The summed E-state index contributed by atoms with van der Waals surface area (Å²) in [6.45, 7) is 15.6. The van der Waals surface area contributed by atoms with Gasteiger partial charge in [-0.3, -0.25) is 9.69 Å². The Balaban J connectivity index is 1.80. The Morgan fingerprint density at radius 2 is 1.85 bits per heavy atom. The SMILES string of the molecule is Cc1cc2cc(CN(Cc3ccco3)[C@@H](c3nnnn3C(C)(C)C)C(C)C)c(=O)[nH]c2cc1C. The van der Waals surface area contributed by atoms with Crippen molar-refractivity contribution in [2.45, 2.75) is 73.1 Å². The summed E-state index contributed by atoms with van der Waals surface area (Å²) < 4.78 is 7.57. The highest BCUT2D eigenvalue weighted by Gasteiger charge is 2.33. The lowest BCUT2D eigenvalue weighted by Crippen LogP contribution is -2.37. The van der Waals surface area contributed by atoms with Crippen LogP contribution in [0.4, 0.5) is 0 Å². The summed E-state index contributed by atoms with van der Waals surface area (Å²) in [7, 11) is 0. The number of furan rings is 1. The van der Waals surface area contributed by atoms with E-state index in [0.29, 0.717) is 18.7 Å². The molecule has 0 saturated heterocycles. The van der Waals surface area contributed by atoms with E-state index in [1.54, 1.807) is 6.26 Å². The summed E-state index contributed by atoms with van der Waals surface area (Å²) in [6.07, 6.45) is 1.67. The fourth-order valence-electron chi connectivity index (χ4n) is 4.45. The second-order valence-electron chi connectivity index (χ2n) is 10.4. The number of aryl methyl sites for hydroxylation is 2. The van der Waals surface area contributed by atoms with Gasteiger partial charge in [0, 0.05) is 17.6 Å². The number of rotatable bonds is 7. The molecule has 0 unspecified atom stereocenters. The Labute approximate surface area is 200 Å². The number of benzene rings is 1. The minimum atomic E-state index is -0.280. The second-order valence-corrected chi connectivity index (χ2v) is 10.4. The molecule has 3 aromatic heterocycles. The lowest BCUT2D eigenvalue weighted by Gasteiger charge is -2.34. The van der Waals surface area contributed by atoms with Gasteiger partial charge in [0.15, 0.2) is 5.82 Å². The van der Waals surface area contributed by atoms with Crippen molar-refractivity contribution in [3.05, 3.63) is 75.2 Å². The molecule has 0 saturated carbocycles. The van der Waals surface area contributed by atoms with Crippen LogP contribution in [-0.2, 0) is 18.6 Å². The van der Waals surface area contributed by atoms with Crippen molar-refractivity contribution in [3.63, 3.8) is 0 Å². The van der Waals surface area contributed by atoms with Crippen LogP contribution in [0.5, 0.6) is 0 Å². The molecule has 34 heavy (non-hydrogen) atoms. The van der Waals surface area contributed by atoms with E-state index in [1.165, 1.54) is 5.56 Å². The lowest BCUT2D eigenvalue weighted by atomic mass is 9.98. The second kappa shape index (κ2) is 9.18. The molecule has 3 heterocycles. The predicted molar refractivity (Wildman–Crippen MR) is 132 cm³/mol. The van der Waals surface area contributed by atoms with Gasteiger partial charge >= 0.3 is 0 Å². The minimum absolute atomic E-state index is 0.0851. The van der Waals surface area contributed by atoms with Crippen LogP contribution in [0.15, 0.2) is 45.8 Å². The van der Waals surface area contributed by atoms with E-state index in [1.807, 2.05) is 28.9 Å². The van der Waals surface area contributed by atoms with Crippen molar-refractivity contribution in [3.8, 4) is 0 Å². The predicted octanol–water partition coefficient (Wildman–Crippen LogP) is 4.88. The highest BCUT2D eigenvalue weighted by molar-refractivity contribution is 5.80. The zero-order chi connectivity index (χ0) is 24.6. The van der Waals surface area contributed by atoms with E-state index in [-0.39, 0.29) is 23.1 Å². The largest absolute Gasteiger partial charge is 0.468 e. The average Bonchev–Trinajstić information content (AvgIpc) is 3.42. The van der Waals surface area contributed by atoms with Gasteiger partial charge in [0.05, 0.1) is 24.4 Å². The van der Waals surface area contributed by atoms with Crippen LogP contribution in [-0.4, -0.2) is 30.1 Å². The van der Waals surface area contributed by atoms with Gasteiger partial charge in [-0.2, -0.15) is 0 Å². The van der Waals surface area contributed by atoms with Crippen molar-refractivity contribution in [1.82, 2.24) is 30.1 Å². The van der Waals surface area contributed by atoms with Gasteiger partial charge in [0.2, 0.25) is 0 Å². The number of pyridine rings is 1. The van der Waals surface area contributed by atoms with Gasteiger partial charge in [-0.05, 0) is 97.8 Å². The third-order valence-corrected chi connectivity index (χ3v) is 6.27. The molecule has 0 spiro atoms. The van der Waals surface area contributed by atoms with E-state index in [2.05, 4.69) is 79.9 Å². The van der Waals surface area contributed by atoms with E-state index in [0.717, 1.165) is 28.1 Å². The first-order valence-corrected chi connectivity index (χ1v) is 11.7. The third-order valence-electron chi connectivity index (χ3n) is 6.27. The summed E-state index contributed by atoms with van der Waals surface area (Å²) in [5.41, 5.74) is 3.54. The Kier molecular flexibility index (Phi) is 6.45. The van der Waals surface area contributed by atoms with Gasteiger partial charge < -0.3 is 9.40 Å². The maximum atomic E-state index is 13.1. The van der Waals surface area contributed by atoms with Crippen LogP contribution in [0, 0.1) is 19.8 Å². The fraction of sp³-hybridized carbons (Fsp3) is 0.462. The Morgan fingerprint density at radius 1 is 1.12 bits per heavy atom. The standard InChI is InChI=1S/C26H34N6O2/c1-16(2)23(24-28-29-30-32(24)26(5,6)7)31(15-21-9-8-10-34-21)14-20-13-19-11-17(3)18(4)12-22(19)27-25(20)33/h8-13,16,23H,14-15H2,1-7H3,(H,27,33)/t23-/m1/s1. The maximum Gasteiger partial charge on any atom is 0.252 e. The minimum Gasteiger partial charge on any atom is -0.468 e. The van der Waals surface area contributed by atoms with Crippen LogP contribution in [0.1, 0.15) is 68.9 Å². The van der Waals surface area contributed by atoms with Crippen molar-refractivity contribution < 1.29 is 4.42 Å². The highest BCUT2D eigenvalue weighted by atomic mass is 16.3. The van der Waals surface area contributed by atoms with Gasteiger partial charge in [0.25, 0.3) is 5.56 Å². The molecule has 1 atom stereocenters. The molecule has 0 aliphatic carbocycles. The first-order chi connectivity index (χ1) is 16.0. The topological polar surface area (TPSA) is 92.8 Å². The van der Waals surface area contributed by atoms with E-state index >= 15 is 0 Å². The molecule has 1 N–H and O–H groups in total. The molecule has 0 aliphatic heterocycles. The van der Waals surface area contributed by atoms with Crippen molar-refractivity contribution >= 4 is 10.9 Å². The summed E-state index contributed by atoms with van der Waals surface area (Å²) in [4.78, 5) is 18.4. The third kappa shape index (κ3) is 4.82. The quantitative estimate of drug-likeness (QED) is 0.421. The van der Waals surface area contributed by atoms with Crippen LogP contribution >= 0.6 is 0 Å². The molecule has 4 rings (SSSR count). The number of aromatic amines is 1. The number of H-pyrrole nitrogens is 1. The van der Waals surface area contributed by atoms with Gasteiger partial charge in [0.1, 0.15) is 5.76 Å². The smallest absolute Gasteiger partial charge is 0.252 e. The molecule has 0 bridgehead atoms. The Morgan fingerprint density at radius 3 is 2.50 bits per heavy atom. The van der Waals surface area contributed by atoms with E-state index < -0.39 is 0 Å². The highest BCUT2D eigenvalue weighted by Crippen LogP contribution is 2.32. The molecular formula is C26H34N6O2. The monoisotopic (exact) mass is 462 g/mol. The number of aromatic nitrogens is 5. The lowest BCUT2D eigenvalue weighted by molar-refractivity contribution is 0.111.